The predicted molar refractivity (Wildman–Crippen MR) is 408 cm³/mol. The van der Waals surface area contributed by atoms with Crippen molar-refractivity contribution in [2.24, 2.45) is 63.3 Å². The number of unbranched alkanes of at least 4 members (excludes halogenated alkanes) is 1. The van der Waals surface area contributed by atoms with Crippen LogP contribution < -0.4 is 87.2 Å². The summed E-state index contributed by atoms with van der Waals surface area (Å²) in [6.07, 6.45) is 2.95. The number of carbonyl (C=O) groups is 13. The first kappa shape index (κ1) is 93.8. The van der Waals surface area contributed by atoms with E-state index in [9.17, 15) is 77.6 Å². The zero-order valence-corrected chi connectivity index (χ0v) is 64.9. The Bertz CT molecular complexity index is 3250. The average molecular weight is 1520 g/mol. The molecule has 0 spiro atoms. The van der Waals surface area contributed by atoms with E-state index in [0.717, 1.165) is 0 Å². The van der Waals surface area contributed by atoms with Crippen LogP contribution in [0.2, 0.25) is 0 Å². The van der Waals surface area contributed by atoms with Gasteiger partial charge in [0, 0.05) is 19.4 Å². The molecule has 34 heteroatoms. The molecule has 0 unspecified atom stereocenters. The molecule has 15 atom stereocenters. The lowest BCUT2D eigenvalue weighted by Gasteiger charge is -2.31. The number of phenols is 2. The first-order valence-electron chi connectivity index (χ1n) is 36.8. The fourth-order valence-corrected chi connectivity index (χ4v) is 11.7. The molecule has 24 N–H and O–H groups in total. The molecule has 600 valence electrons. The maximum absolute atomic E-state index is 14.8. The molecule has 2 aromatic rings. The third kappa shape index (κ3) is 34.9. The summed E-state index contributed by atoms with van der Waals surface area (Å²) in [7, 11) is 0. The van der Waals surface area contributed by atoms with Crippen molar-refractivity contribution in [3.05, 3.63) is 59.7 Å². The highest BCUT2D eigenvalue weighted by molar-refractivity contribution is 7.98. The number of benzene rings is 2. The molecule has 0 bridgehead atoms. The van der Waals surface area contributed by atoms with E-state index in [0.29, 0.717) is 49.0 Å². The van der Waals surface area contributed by atoms with E-state index in [-0.39, 0.29) is 107 Å². The SMILES string of the molecule is CC[C@H](C)[C@H](NC(=O)[C@H](C)NC(=O)[C@H](CCCCN)NC(=O)[C@H](Cc1ccc(O)cc1)NC(=O)[C@@H](NC(=O)[C@H](CCSC)NC(=O)[C@H](CCCN=C(N)N)NC(=O)[C@@H](NC(=O)[C@H](CC(C)C)NC(=O)[C@H](CC(C)C)NC(=O)[C@H](CCC(N)=O)NC(=O)[C@@H](N)Cc1ccc(O)cc1)[C@@H](C)CC)[C@@H](C)CC)C(=O)O. The van der Waals surface area contributed by atoms with E-state index >= 15 is 0 Å². The Labute approximate surface area is 632 Å². The van der Waals surface area contributed by atoms with Gasteiger partial charge in [-0.2, -0.15) is 11.8 Å². The van der Waals surface area contributed by atoms with Crippen LogP contribution in [0.5, 0.6) is 11.5 Å². The monoisotopic (exact) mass is 1520 g/mol. The fourth-order valence-electron chi connectivity index (χ4n) is 11.2. The Morgan fingerprint density at radius 1 is 0.430 bits per heavy atom. The average Bonchev–Trinajstić information content (AvgIpc) is 0.842. The number of amides is 12. The quantitative estimate of drug-likeness (QED) is 0.0237. The molecule has 0 aromatic heterocycles. The van der Waals surface area contributed by atoms with Gasteiger partial charge in [-0.15, -0.1) is 0 Å². The maximum atomic E-state index is 14.8. The van der Waals surface area contributed by atoms with Crippen LogP contribution in [0.1, 0.15) is 171 Å². The summed E-state index contributed by atoms with van der Waals surface area (Å²) in [6, 6.07) is -4.16. The Kier molecular flexibility index (Phi) is 42.8. The van der Waals surface area contributed by atoms with Crippen molar-refractivity contribution in [2.45, 2.75) is 245 Å². The number of primary amides is 1. The molecular formula is C73H121N17O16S. The Balaban J connectivity index is 2.57. The zero-order valence-electron chi connectivity index (χ0n) is 64.1. The van der Waals surface area contributed by atoms with Gasteiger partial charge in [-0.1, -0.05) is 113 Å². The first-order valence-corrected chi connectivity index (χ1v) is 38.2. The van der Waals surface area contributed by atoms with Gasteiger partial charge < -0.3 is 102 Å². The number of nitrogens with zero attached hydrogens (tertiary/aromatic N) is 1. The molecule has 0 heterocycles. The van der Waals surface area contributed by atoms with Crippen LogP contribution >= 0.6 is 11.8 Å². The summed E-state index contributed by atoms with van der Waals surface area (Å²) < 4.78 is 0. The van der Waals surface area contributed by atoms with E-state index in [1.54, 1.807) is 87.6 Å². The summed E-state index contributed by atoms with van der Waals surface area (Å²) >= 11 is 1.35. The molecular weight excluding hydrogens is 1400 g/mol. The van der Waals surface area contributed by atoms with Crippen LogP contribution in [0.15, 0.2) is 53.5 Å². The summed E-state index contributed by atoms with van der Waals surface area (Å²) in [5.41, 5.74) is 29.8. The number of hydrogen-bond acceptors (Lipinski definition) is 19. The predicted octanol–water partition coefficient (Wildman–Crippen LogP) is 0.0793. The van der Waals surface area contributed by atoms with Crippen molar-refractivity contribution >= 4 is 94.6 Å². The van der Waals surface area contributed by atoms with Gasteiger partial charge in [-0.25, -0.2) is 4.79 Å². The molecule has 0 aliphatic carbocycles. The highest BCUT2D eigenvalue weighted by Crippen LogP contribution is 2.19. The summed E-state index contributed by atoms with van der Waals surface area (Å²) in [5.74, 6) is -13.1. The molecule has 0 saturated carbocycles. The molecule has 0 radical (unpaired) electrons. The number of aromatic hydroxyl groups is 2. The number of nitrogens with one attached hydrogen (secondary N) is 11. The number of carboxylic acids is 1. The Morgan fingerprint density at radius 3 is 1.23 bits per heavy atom. The lowest BCUT2D eigenvalue weighted by molar-refractivity contribution is -0.143. The topological polar surface area (TPSA) is 557 Å². The smallest absolute Gasteiger partial charge is 0.326 e. The van der Waals surface area contributed by atoms with E-state index in [2.05, 4.69) is 63.5 Å². The lowest BCUT2D eigenvalue weighted by Crippen LogP contribution is -2.62. The Morgan fingerprint density at radius 2 is 0.794 bits per heavy atom. The third-order valence-electron chi connectivity index (χ3n) is 18.2. The third-order valence-corrected chi connectivity index (χ3v) is 18.9. The van der Waals surface area contributed by atoms with Crippen molar-refractivity contribution in [1.29, 1.82) is 0 Å². The number of carboxylic acid groups (broad SMARTS) is 1. The lowest BCUT2D eigenvalue weighted by atomic mass is 9.95. The zero-order chi connectivity index (χ0) is 80.8. The molecule has 0 aliphatic heterocycles. The molecule has 33 nitrogen and oxygen atoms in total. The van der Waals surface area contributed by atoms with Crippen molar-refractivity contribution in [2.75, 3.05) is 25.1 Å². The second kappa shape index (κ2) is 48.8. The van der Waals surface area contributed by atoms with Gasteiger partial charge in [0.1, 0.15) is 78.0 Å². The summed E-state index contributed by atoms with van der Waals surface area (Å²) in [5, 5.41) is 59.3. The minimum absolute atomic E-state index is 0.000401. The fraction of sp³-hybridized carbons (Fsp3) is 0.644. The van der Waals surface area contributed by atoms with E-state index < -0.39 is 167 Å². The van der Waals surface area contributed by atoms with Gasteiger partial charge >= 0.3 is 5.97 Å². The largest absolute Gasteiger partial charge is 0.508 e. The van der Waals surface area contributed by atoms with Crippen molar-refractivity contribution in [3.63, 3.8) is 0 Å². The number of hydrogen-bond donors (Lipinski definition) is 19. The number of rotatable bonds is 51. The van der Waals surface area contributed by atoms with Gasteiger partial charge in [0.15, 0.2) is 5.96 Å². The molecule has 107 heavy (non-hydrogen) atoms. The van der Waals surface area contributed by atoms with Crippen LogP contribution in [0, 0.1) is 29.6 Å². The second-order valence-corrected chi connectivity index (χ2v) is 29.2. The standard InChI is InChI=1S/C73H121N17O16S/c1-13-41(8)58(89-69(102)55(36-40(6)7)86-67(100)54(35-39(4)5)85-65(98)52(29-30-57(76)93)81-62(95)49(75)37-45-21-25-47(91)26-22-45)70(103)84-51(20-18-33-79-73(77)78)64(97)83-53(31-34-107-12)66(99)88-59(42(9)14-2)71(104)87-56(38-46-23-27-48(92)28-24-46)68(101)82-50(19-16-17-32-74)63(96)80-44(11)61(94)90-60(72(105)106)43(10)15-3/h21-28,39-44,49-56,58-60,91-92H,13-20,29-38,74-75H2,1-12H3,(H2,76,93)(H,80,96)(H,81,95)(H,82,101)(H,83,97)(H,84,103)(H,85,98)(H,86,100)(H,87,104)(H,88,99)(H,89,102)(H,90,94)(H,105,106)(H4,77,78,79)/t41-,42-,43-,44-,49-,50-,51-,52-,53-,54-,55-,56-,58-,59-,60-/m0/s1. The van der Waals surface area contributed by atoms with Crippen LogP contribution in [0.4, 0.5) is 0 Å². The molecule has 2 aromatic carbocycles. The number of carbonyl (C=O) groups excluding carboxylic acids is 12. The molecule has 12 amide bonds. The highest BCUT2D eigenvalue weighted by atomic mass is 32.2. The molecule has 0 fully saturated rings. The van der Waals surface area contributed by atoms with Crippen LogP contribution in [0.3, 0.4) is 0 Å². The van der Waals surface area contributed by atoms with Gasteiger partial charge in [-0.3, -0.25) is 62.5 Å². The molecule has 0 saturated heterocycles. The van der Waals surface area contributed by atoms with Gasteiger partial charge in [0.05, 0.1) is 6.04 Å². The van der Waals surface area contributed by atoms with E-state index in [1.807, 2.05) is 0 Å². The Hall–Kier alpha value is -9.31. The second-order valence-electron chi connectivity index (χ2n) is 28.2. The van der Waals surface area contributed by atoms with Crippen molar-refractivity contribution < 1.29 is 77.6 Å². The highest BCUT2D eigenvalue weighted by Gasteiger charge is 2.39. The van der Waals surface area contributed by atoms with Gasteiger partial charge in [-0.05, 0) is 155 Å². The summed E-state index contributed by atoms with van der Waals surface area (Å²) in [4.78, 5) is 186. The van der Waals surface area contributed by atoms with Crippen molar-refractivity contribution in [3.8, 4) is 11.5 Å². The number of thioether (sulfide) groups is 1. The van der Waals surface area contributed by atoms with Crippen LogP contribution in [0.25, 0.3) is 0 Å². The number of phenolic OH excluding ortho intramolecular Hbond substituents is 2. The van der Waals surface area contributed by atoms with Crippen LogP contribution in [-0.4, -0.2) is 196 Å². The minimum atomic E-state index is -1.45. The summed E-state index contributed by atoms with van der Waals surface area (Å²) in [6.45, 7) is 19.1. The minimum Gasteiger partial charge on any atom is -0.508 e. The van der Waals surface area contributed by atoms with E-state index in [1.165, 1.54) is 55.1 Å². The maximum Gasteiger partial charge on any atom is 0.326 e. The number of aliphatic imine (C=N–C) groups is 1. The number of nitrogens with two attached hydrogens (primary N) is 5. The number of aliphatic carboxylic acids is 1. The normalized spacial score (nSPS) is 15.5. The number of guanidine groups is 1. The molecule has 0 aliphatic rings. The van der Waals surface area contributed by atoms with Crippen LogP contribution in [-0.2, 0) is 75.2 Å². The van der Waals surface area contributed by atoms with Gasteiger partial charge in [0.2, 0.25) is 70.9 Å². The van der Waals surface area contributed by atoms with Crippen molar-refractivity contribution in [1.82, 2.24) is 58.5 Å². The first-order chi connectivity index (χ1) is 50.4. The van der Waals surface area contributed by atoms with Gasteiger partial charge in [0.25, 0.3) is 0 Å². The molecule has 2 rings (SSSR count). The van der Waals surface area contributed by atoms with E-state index in [4.69, 9.17) is 28.7 Å².